The lowest BCUT2D eigenvalue weighted by Gasteiger charge is -2.41. The van der Waals surface area contributed by atoms with Gasteiger partial charge in [0.1, 0.15) is 29.9 Å². The Morgan fingerprint density at radius 1 is 1.28 bits per heavy atom. The highest BCUT2D eigenvalue weighted by Gasteiger charge is 2.55. The molecule has 2 amide bonds. The van der Waals surface area contributed by atoms with Gasteiger partial charge in [0.25, 0.3) is 11.8 Å². The zero-order chi connectivity index (χ0) is 34.3. The Kier molecular flexibility index (Phi) is 9.41. The molecule has 19 heteroatoms. The highest BCUT2D eigenvalue weighted by Crippen LogP contribution is 2.46. The van der Waals surface area contributed by atoms with Crippen molar-refractivity contribution in [2.45, 2.75) is 63.4 Å². The van der Waals surface area contributed by atoms with E-state index >= 15 is 0 Å². The van der Waals surface area contributed by atoms with Crippen LogP contribution >= 0.6 is 7.82 Å². The van der Waals surface area contributed by atoms with Gasteiger partial charge < -0.3 is 43.6 Å². The van der Waals surface area contributed by atoms with Gasteiger partial charge in [0.15, 0.2) is 11.3 Å². The van der Waals surface area contributed by atoms with Gasteiger partial charge >= 0.3 is 14.0 Å². The number of fused-ring (bicyclic) bond motifs is 5. The van der Waals surface area contributed by atoms with Crippen molar-refractivity contribution in [3.63, 3.8) is 0 Å². The zero-order valence-corrected chi connectivity index (χ0v) is 26.2. The van der Waals surface area contributed by atoms with E-state index in [9.17, 15) is 32.5 Å². The highest BCUT2D eigenvalue weighted by atomic mass is 31.2. The lowest BCUT2D eigenvalue weighted by molar-refractivity contribution is -0.0655. The fraction of sp³-hybridized carbons (Fsp3) is 0.464. The van der Waals surface area contributed by atoms with Crippen molar-refractivity contribution in [1.29, 1.82) is 0 Å². The van der Waals surface area contributed by atoms with Gasteiger partial charge in [-0.2, -0.15) is 0 Å². The van der Waals surface area contributed by atoms with E-state index in [2.05, 4.69) is 15.0 Å². The molecule has 1 saturated heterocycles. The first-order chi connectivity index (χ1) is 22.1. The van der Waals surface area contributed by atoms with Crippen LogP contribution in [0.3, 0.4) is 0 Å². The molecule has 254 valence electrons. The number of phosphoric acid groups is 1. The summed E-state index contributed by atoms with van der Waals surface area (Å²) in [5.41, 5.74) is -3.38. The minimum Gasteiger partial charge on any atom is -0.482 e. The van der Waals surface area contributed by atoms with E-state index in [1.54, 1.807) is 6.92 Å². The summed E-state index contributed by atoms with van der Waals surface area (Å²) >= 11 is 0. The molecule has 0 radical (unpaired) electrons. The quantitative estimate of drug-likeness (QED) is 0.271. The van der Waals surface area contributed by atoms with Crippen molar-refractivity contribution in [2.24, 2.45) is 5.16 Å². The molecule has 47 heavy (non-hydrogen) atoms. The molecule has 4 atom stereocenters. The molecule has 5 rings (SSSR count). The summed E-state index contributed by atoms with van der Waals surface area (Å²) in [7, 11) is -3.51. The summed E-state index contributed by atoms with van der Waals surface area (Å²) in [6.07, 6.45) is -0.707. The number of pyridine rings is 1. The minimum atomic E-state index is -4.93. The van der Waals surface area contributed by atoms with Crippen molar-refractivity contribution >= 4 is 31.7 Å². The fourth-order valence-electron chi connectivity index (χ4n) is 5.77. The number of amides is 2. The van der Waals surface area contributed by atoms with Crippen LogP contribution in [0, 0.1) is 11.6 Å². The van der Waals surface area contributed by atoms with Gasteiger partial charge in [0.05, 0.1) is 19.6 Å². The number of ether oxygens (including phenoxy) is 3. The molecule has 2 aromatic rings. The van der Waals surface area contributed by atoms with Crippen LogP contribution in [-0.2, 0) is 29.9 Å². The number of nitrogens with one attached hydrogen (secondary N) is 1. The number of aromatic nitrogens is 1. The van der Waals surface area contributed by atoms with Crippen LogP contribution in [0.1, 0.15) is 65.6 Å². The number of carbonyl (C=O) groups is 3. The molecular formula is C28H31F2N4O12P. The fourth-order valence-corrected chi connectivity index (χ4v) is 6.30. The Morgan fingerprint density at radius 3 is 2.68 bits per heavy atom. The number of nitrogens with zero attached hydrogens (tertiary/aromatic N) is 3. The summed E-state index contributed by atoms with van der Waals surface area (Å²) in [5.74, 6) is -4.10. The molecule has 2 bridgehead atoms. The van der Waals surface area contributed by atoms with Crippen LogP contribution in [0.2, 0.25) is 0 Å². The van der Waals surface area contributed by atoms with Crippen molar-refractivity contribution in [2.75, 3.05) is 20.3 Å². The van der Waals surface area contributed by atoms with Crippen molar-refractivity contribution in [3.8, 4) is 5.75 Å². The van der Waals surface area contributed by atoms with Gasteiger partial charge in [-0.1, -0.05) is 11.2 Å². The number of halogens is 2. The van der Waals surface area contributed by atoms with Crippen LogP contribution in [0.5, 0.6) is 5.75 Å². The van der Waals surface area contributed by atoms with Crippen LogP contribution in [0.15, 0.2) is 34.3 Å². The third-order valence-corrected chi connectivity index (χ3v) is 8.77. The summed E-state index contributed by atoms with van der Waals surface area (Å²) < 4.78 is 59.9. The second-order valence-corrected chi connectivity index (χ2v) is 12.5. The Bertz CT molecular complexity index is 1750. The Hall–Kier alpha value is -4.38. The number of hydrogen-bond acceptors (Lipinski definition) is 11. The number of rotatable bonds is 8. The minimum absolute atomic E-state index is 0.0609. The second-order valence-electron chi connectivity index (χ2n) is 11.3. The van der Waals surface area contributed by atoms with E-state index in [0.717, 1.165) is 18.3 Å². The van der Waals surface area contributed by atoms with Crippen LogP contribution in [0.4, 0.5) is 13.6 Å². The van der Waals surface area contributed by atoms with E-state index in [1.807, 2.05) is 0 Å². The number of carbonyl (C=O) groups excluding carboxylic acids is 3. The van der Waals surface area contributed by atoms with E-state index in [4.69, 9.17) is 28.8 Å². The molecule has 0 unspecified atom stereocenters. The zero-order valence-electron chi connectivity index (χ0n) is 25.3. The van der Waals surface area contributed by atoms with Gasteiger partial charge in [-0.25, -0.2) is 18.1 Å². The Balaban J connectivity index is 1.56. The molecule has 3 N–H and O–H groups in total. The first-order valence-corrected chi connectivity index (χ1v) is 15.8. The summed E-state index contributed by atoms with van der Waals surface area (Å²) in [5, 5.41) is 6.41. The lowest BCUT2D eigenvalue weighted by Crippen LogP contribution is -2.52. The first kappa shape index (κ1) is 34.0. The third-order valence-electron chi connectivity index (χ3n) is 8.14. The molecule has 0 saturated carbocycles. The maximum atomic E-state index is 14.3. The van der Waals surface area contributed by atoms with E-state index in [1.165, 1.54) is 23.5 Å². The molecule has 1 aromatic carbocycles. The number of phosphoric ester groups is 1. The number of methoxy groups -OCH3 is 1. The standard InChI is InChI=1S/C28H31F2N4O12P/c1-14-6-7-28(9-21(42-3)32-46-28)20-12-33(14)26(37)22-24(44-27(38)43-13-15(2)45-47(39,40)41)23(35)18(11-34(20)22)25(36)31-10-16-4-5-17(29)8-19(16)30/h4-5,8,11,14-15,20H,6-7,9-10,12-13H2,1-3H3,(H,31,36)(H2,39,40,41)/t14-,15-,20+,28-/m0/s1. The molecule has 16 nitrogen and oxygen atoms in total. The number of hydrogen-bond donors (Lipinski definition) is 3. The molecule has 0 aliphatic carbocycles. The van der Waals surface area contributed by atoms with Gasteiger partial charge in [-0.3, -0.25) is 18.9 Å². The lowest BCUT2D eigenvalue weighted by atomic mass is 9.85. The predicted molar refractivity (Wildman–Crippen MR) is 154 cm³/mol. The maximum absolute atomic E-state index is 14.3. The van der Waals surface area contributed by atoms with Crippen LogP contribution < -0.4 is 15.5 Å². The SMILES string of the molecule is COC1=NO[C@@]2(CC[C@H](C)N3C[C@H]2n2cc(C(=O)NCc4ccc(F)cc4F)c(=O)c(OC(=O)OC[C@H](C)OP(=O)(O)O)c2C3=O)C1. The van der Waals surface area contributed by atoms with E-state index in [-0.39, 0.29) is 30.5 Å². The average Bonchev–Trinajstić information content (AvgIpc) is 3.38. The van der Waals surface area contributed by atoms with E-state index < -0.39 is 90.8 Å². The largest absolute Gasteiger partial charge is 0.514 e. The molecule has 1 aromatic heterocycles. The molecule has 1 spiro atoms. The molecule has 3 aliphatic heterocycles. The molecule has 4 heterocycles. The third kappa shape index (κ3) is 7.00. The van der Waals surface area contributed by atoms with E-state index in [0.29, 0.717) is 18.9 Å². The first-order valence-electron chi connectivity index (χ1n) is 14.3. The average molecular weight is 685 g/mol. The predicted octanol–water partition coefficient (Wildman–Crippen LogP) is 2.37. The van der Waals surface area contributed by atoms with Gasteiger partial charge in [0.2, 0.25) is 17.1 Å². The molecule has 3 aliphatic rings. The monoisotopic (exact) mass is 684 g/mol. The molecule has 1 fully saturated rings. The van der Waals surface area contributed by atoms with Crippen molar-refractivity contribution < 1.29 is 61.1 Å². The Labute approximate surface area is 265 Å². The summed E-state index contributed by atoms with van der Waals surface area (Å²) in [6.45, 7) is 1.88. The van der Waals surface area contributed by atoms with Gasteiger partial charge in [-0.05, 0) is 32.8 Å². The van der Waals surface area contributed by atoms with Gasteiger partial charge in [0, 0.05) is 37.0 Å². The normalized spacial score (nSPS) is 22.5. The van der Waals surface area contributed by atoms with Crippen LogP contribution in [0.25, 0.3) is 0 Å². The maximum Gasteiger partial charge on any atom is 0.514 e. The summed E-state index contributed by atoms with van der Waals surface area (Å²) in [4.78, 5) is 79.3. The van der Waals surface area contributed by atoms with Gasteiger partial charge in [-0.15, -0.1) is 0 Å². The summed E-state index contributed by atoms with van der Waals surface area (Å²) in [6, 6.07) is 1.58. The Morgan fingerprint density at radius 2 is 2.02 bits per heavy atom. The topological polar surface area (TPSA) is 205 Å². The molecular weight excluding hydrogens is 653 g/mol. The highest BCUT2D eigenvalue weighted by molar-refractivity contribution is 7.46. The number of oxime groups is 1. The van der Waals surface area contributed by atoms with Crippen LogP contribution in [-0.4, -0.2) is 81.1 Å². The number of benzene rings is 1. The smallest absolute Gasteiger partial charge is 0.482 e. The van der Waals surface area contributed by atoms with Crippen molar-refractivity contribution in [3.05, 3.63) is 63.1 Å². The van der Waals surface area contributed by atoms with Crippen molar-refractivity contribution in [1.82, 2.24) is 14.8 Å². The second kappa shape index (κ2) is 13.0.